The molecule has 0 aliphatic heterocycles. The Hall–Kier alpha value is -3.44. The Kier molecular flexibility index (Phi) is 7.79. The zero-order chi connectivity index (χ0) is 23.1. The van der Waals surface area contributed by atoms with Gasteiger partial charge in [0.1, 0.15) is 16.6 Å². The topological polar surface area (TPSA) is 124 Å². The van der Waals surface area contributed by atoms with Crippen molar-refractivity contribution in [1.29, 1.82) is 0 Å². The second kappa shape index (κ2) is 10.7. The van der Waals surface area contributed by atoms with Gasteiger partial charge in [0.05, 0.1) is 12.9 Å². The highest BCUT2D eigenvalue weighted by atomic mass is 32.1. The van der Waals surface area contributed by atoms with Crippen LogP contribution in [0, 0.1) is 0 Å². The number of amides is 2. The molecule has 0 saturated carbocycles. The molecule has 3 heterocycles. The van der Waals surface area contributed by atoms with Crippen molar-refractivity contribution in [2.45, 2.75) is 19.9 Å². The Labute approximate surface area is 191 Å². The summed E-state index contributed by atoms with van der Waals surface area (Å²) in [4.78, 5) is 49.7. The number of nitrogens with one attached hydrogen (secondary N) is 2. The predicted molar refractivity (Wildman–Crippen MR) is 119 cm³/mol. The lowest BCUT2D eigenvalue weighted by Gasteiger charge is -2.12. The van der Waals surface area contributed by atoms with Crippen LogP contribution < -0.4 is 10.6 Å². The van der Waals surface area contributed by atoms with Gasteiger partial charge >= 0.3 is 11.9 Å². The average molecular weight is 477 g/mol. The molecule has 0 bridgehead atoms. The number of carbonyl (C=O) groups is 4. The number of hydrogen-bond donors (Lipinski definition) is 2. The number of thiophene rings is 2. The molecule has 0 spiro atoms. The maximum absolute atomic E-state index is 12.5. The molecular formula is C21H20N2O7S2. The minimum Gasteiger partial charge on any atom is -0.462 e. The molecule has 3 aromatic rings. The summed E-state index contributed by atoms with van der Waals surface area (Å²) in [5, 5.41) is 8.94. The van der Waals surface area contributed by atoms with Crippen LogP contribution >= 0.6 is 22.7 Å². The van der Waals surface area contributed by atoms with Crippen molar-refractivity contribution in [1.82, 2.24) is 5.32 Å². The summed E-state index contributed by atoms with van der Waals surface area (Å²) >= 11 is 2.63. The van der Waals surface area contributed by atoms with E-state index in [2.05, 4.69) is 10.6 Å². The molecule has 9 nitrogen and oxygen atoms in total. The smallest absolute Gasteiger partial charge is 0.341 e. The molecule has 0 aliphatic rings. The fourth-order valence-corrected chi connectivity index (χ4v) is 4.42. The van der Waals surface area contributed by atoms with Gasteiger partial charge in [0.2, 0.25) is 0 Å². The van der Waals surface area contributed by atoms with Crippen LogP contribution in [0.4, 0.5) is 5.00 Å². The van der Waals surface area contributed by atoms with Crippen LogP contribution in [0.2, 0.25) is 0 Å². The fraction of sp³-hybridized carbons (Fsp3) is 0.238. The van der Waals surface area contributed by atoms with Crippen LogP contribution in [0.25, 0.3) is 10.4 Å². The minimum absolute atomic E-state index is 0.0492. The van der Waals surface area contributed by atoms with Crippen molar-refractivity contribution in [3.05, 3.63) is 52.6 Å². The first-order valence-corrected chi connectivity index (χ1v) is 11.3. The lowest BCUT2D eigenvalue weighted by atomic mass is 10.1. The van der Waals surface area contributed by atoms with E-state index in [0.29, 0.717) is 10.6 Å². The van der Waals surface area contributed by atoms with Gasteiger partial charge in [-0.05, 0) is 37.4 Å². The standard InChI is InChI=1S/C21H20N2O7S2/c1-3-28-21(27)17-13(15-7-5-9-31-15)11-32-19(17)23-16(24)10-30-20(26)12(2)22-18(25)14-6-4-8-29-14/h4-9,11-12H,3,10H2,1-2H3,(H,22,25)(H,23,24)/t12-/m0/s1. The van der Waals surface area contributed by atoms with Crippen LogP contribution in [-0.2, 0) is 19.1 Å². The van der Waals surface area contributed by atoms with E-state index >= 15 is 0 Å². The number of anilines is 1. The van der Waals surface area contributed by atoms with E-state index in [1.165, 1.54) is 41.9 Å². The number of hydrogen-bond acceptors (Lipinski definition) is 9. The van der Waals surface area contributed by atoms with E-state index in [0.717, 1.165) is 4.88 Å². The summed E-state index contributed by atoms with van der Waals surface area (Å²) in [5.41, 5.74) is 0.906. The number of esters is 2. The summed E-state index contributed by atoms with van der Waals surface area (Å²) < 4.78 is 15.1. The van der Waals surface area contributed by atoms with Crippen LogP contribution in [0.1, 0.15) is 34.8 Å². The molecule has 11 heteroatoms. The summed E-state index contributed by atoms with van der Waals surface area (Å²) in [6.07, 6.45) is 1.33. The Morgan fingerprint density at radius 2 is 1.94 bits per heavy atom. The highest BCUT2D eigenvalue weighted by molar-refractivity contribution is 7.17. The molecule has 2 N–H and O–H groups in total. The first-order chi connectivity index (χ1) is 15.4. The van der Waals surface area contributed by atoms with Gasteiger partial charge < -0.3 is 24.5 Å². The molecule has 3 rings (SSSR count). The van der Waals surface area contributed by atoms with E-state index in [-0.39, 0.29) is 17.9 Å². The predicted octanol–water partition coefficient (Wildman–Crippen LogP) is 3.55. The molecule has 0 aromatic carbocycles. The van der Waals surface area contributed by atoms with Crippen molar-refractivity contribution < 1.29 is 33.1 Å². The second-order valence-electron chi connectivity index (χ2n) is 6.38. The van der Waals surface area contributed by atoms with E-state index in [9.17, 15) is 19.2 Å². The average Bonchev–Trinajstić information content (AvgIpc) is 3.53. The quantitative estimate of drug-likeness (QED) is 0.453. The van der Waals surface area contributed by atoms with Crippen molar-refractivity contribution in [3.63, 3.8) is 0 Å². The van der Waals surface area contributed by atoms with Crippen molar-refractivity contribution in [2.24, 2.45) is 0 Å². The number of carbonyl (C=O) groups excluding carboxylic acids is 4. The third-order valence-electron chi connectivity index (χ3n) is 4.10. The summed E-state index contributed by atoms with van der Waals surface area (Å²) in [7, 11) is 0. The van der Waals surface area contributed by atoms with E-state index in [1.807, 2.05) is 17.5 Å². The largest absolute Gasteiger partial charge is 0.462 e. The molecule has 3 aromatic heterocycles. The molecule has 0 fully saturated rings. The second-order valence-corrected chi connectivity index (χ2v) is 8.21. The van der Waals surface area contributed by atoms with Crippen molar-refractivity contribution >= 4 is 51.4 Å². The highest BCUT2D eigenvalue weighted by Gasteiger charge is 2.24. The molecule has 0 radical (unpaired) electrons. The van der Waals surface area contributed by atoms with Gasteiger partial charge in [0.25, 0.3) is 11.8 Å². The maximum Gasteiger partial charge on any atom is 0.341 e. The summed E-state index contributed by atoms with van der Waals surface area (Å²) in [6.45, 7) is 2.71. The van der Waals surface area contributed by atoms with Crippen LogP contribution in [0.5, 0.6) is 0 Å². The van der Waals surface area contributed by atoms with Gasteiger partial charge in [0.15, 0.2) is 12.4 Å². The van der Waals surface area contributed by atoms with Crippen molar-refractivity contribution in [3.8, 4) is 10.4 Å². The van der Waals surface area contributed by atoms with E-state index in [1.54, 1.807) is 18.4 Å². The van der Waals surface area contributed by atoms with E-state index in [4.69, 9.17) is 13.9 Å². The molecule has 0 aliphatic carbocycles. The van der Waals surface area contributed by atoms with Gasteiger partial charge in [-0.25, -0.2) is 9.59 Å². The Morgan fingerprint density at radius 1 is 1.12 bits per heavy atom. The minimum atomic E-state index is -0.998. The Morgan fingerprint density at radius 3 is 2.59 bits per heavy atom. The number of rotatable bonds is 9. The molecule has 32 heavy (non-hydrogen) atoms. The third kappa shape index (κ3) is 5.62. The molecule has 2 amide bonds. The number of furan rings is 1. The van der Waals surface area contributed by atoms with Gasteiger partial charge in [-0.2, -0.15) is 0 Å². The normalized spacial score (nSPS) is 11.4. The van der Waals surface area contributed by atoms with Gasteiger partial charge in [-0.3, -0.25) is 9.59 Å². The SMILES string of the molecule is CCOC(=O)c1c(-c2cccs2)csc1NC(=O)COC(=O)[C@H](C)NC(=O)c1ccco1. The summed E-state index contributed by atoms with van der Waals surface area (Å²) in [6, 6.07) is 5.72. The van der Waals surface area contributed by atoms with Gasteiger partial charge in [0, 0.05) is 15.8 Å². The lowest BCUT2D eigenvalue weighted by Crippen LogP contribution is -2.40. The first-order valence-electron chi connectivity index (χ1n) is 9.54. The summed E-state index contributed by atoms with van der Waals surface area (Å²) in [5.74, 6) is -2.52. The van der Waals surface area contributed by atoms with Crippen LogP contribution in [0.15, 0.2) is 45.7 Å². The first kappa shape index (κ1) is 23.2. The fourth-order valence-electron chi connectivity index (χ4n) is 2.63. The number of ether oxygens (including phenoxy) is 2. The van der Waals surface area contributed by atoms with Crippen LogP contribution in [0.3, 0.4) is 0 Å². The molecule has 1 atom stereocenters. The zero-order valence-electron chi connectivity index (χ0n) is 17.2. The third-order valence-corrected chi connectivity index (χ3v) is 5.90. The molecule has 0 unspecified atom stereocenters. The van der Waals surface area contributed by atoms with Crippen LogP contribution in [-0.4, -0.2) is 43.0 Å². The molecular weight excluding hydrogens is 456 g/mol. The monoisotopic (exact) mass is 476 g/mol. The lowest BCUT2D eigenvalue weighted by molar-refractivity contribution is -0.148. The maximum atomic E-state index is 12.5. The molecule has 168 valence electrons. The zero-order valence-corrected chi connectivity index (χ0v) is 18.8. The van der Waals surface area contributed by atoms with E-state index < -0.39 is 36.4 Å². The van der Waals surface area contributed by atoms with Crippen molar-refractivity contribution in [2.75, 3.05) is 18.5 Å². The molecule has 0 saturated heterocycles. The highest BCUT2D eigenvalue weighted by Crippen LogP contribution is 2.38. The Balaban J connectivity index is 1.60. The van der Waals surface area contributed by atoms with Gasteiger partial charge in [-0.1, -0.05) is 6.07 Å². The van der Waals surface area contributed by atoms with Gasteiger partial charge in [-0.15, -0.1) is 22.7 Å². The Bertz CT molecular complexity index is 1090.